The van der Waals surface area contributed by atoms with Gasteiger partial charge in [0.2, 0.25) is 0 Å². The predicted molar refractivity (Wildman–Crippen MR) is 74.0 cm³/mol. The molecular weight excluding hydrogens is 294 g/mol. The summed E-state index contributed by atoms with van der Waals surface area (Å²) in [6.45, 7) is 2.44. The van der Waals surface area contributed by atoms with Crippen LogP contribution in [0.25, 0.3) is 0 Å². The first-order chi connectivity index (χ1) is 8.69. The summed E-state index contributed by atoms with van der Waals surface area (Å²) in [4.78, 5) is 4.25. The molecule has 0 spiro atoms. The molecule has 2 rings (SSSR count). The van der Waals surface area contributed by atoms with Gasteiger partial charge >= 0.3 is 0 Å². The lowest BCUT2D eigenvalue weighted by molar-refractivity contribution is 0.280. The number of nitrogens with zero attached hydrogens (tertiary/aromatic N) is 1. The van der Waals surface area contributed by atoms with Gasteiger partial charge in [0.1, 0.15) is 6.61 Å². The van der Waals surface area contributed by atoms with Crippen molar-refractivity contribution in [2.75, 3.05) is 7.11 Å². The summed E-state index contributed by atoms with van der Waals surface area (Å²) in [7, 11) is 1.64. The largest absolute Gasteiger partial charge is 0.493 e. The van der Waals surface area contributed by atoms with Crippen molar-refractivity contribution in [2.24, 2.45) is 0 Å². The van der Waals surface area contributed by atoms with Gasteiger partial charge in [0.25, 0.3) is 0 Å². The van der Waals surface area contributed by atoms with Crippen LogP contribution in [0, 0.1) is 6.92 Å². The molecule has 0 aliphatic carbocycles. The average molecular weight is 308 g/mol. The van der Waals surface area contributed by atoms with Crippen molar-refractivity contribution < 1.29 is 9.47 Å². The second kappa shape index (κ2) is 5.87. The third kappa shape index (κ3) is 3.23. The maximum Gasteiger partial charge on any atom is 0.161 e. The number of hydrogen-bond donors (Lipinski definition) is 0. The van der Waals surface area contributed by atoms with Gasteiger partial charge in [-0.15, -0.1) is 0 Å². The van der Waals surface area contributed by atoms with Crippen molar-refractivity contribution in [3.63, 3.8) is 0 Å². The molecule has 0 saturated carbocycles. The lowest BCUT2D eigenvalue weighted by Crippen LogP contribution is -1.99. The molecule has 0 N–H and O–H groups in total. The minimum absolute atomic E-state index is 0.423. The lowest BCUT2D eigenvalue weighted by Gasteiger charge is -2.10. The Morgan fingerprint density at radius 1 is 1.17 bits per heavy atom. The lowest BCUT2D eigenvalue weighted by atomic mass is 10.2. The maximum absolute atomic E-state index is 5.71. The van der Waals surface area contributed by atoms with Crippen molar-refractivity contribution >= 4 is 15.9 Å². The molecule has 1 aromatic carbocycles. The Kier molecular flexibility index (Phi) is 4.20. The highest BCUT2D eigenvalue weighted by Crippen LogP contribution is 2.28. The fraction of sp³-hybridized carbons (Fsp3) is 0.214. The van der Waals surface area contributed by atoms with E-state index in [-0.39, 0.29) is 0 Å². The van der Waals surface area contributed by atoms with Crippen molar-refractivity contribution in [1.82, 2.24) is 4.98 Å². The Bertz CT molecular complexity index is 526. The SMILES string of the molecule is COc1cc(C)ccc1OCc1ccc(Br)cn1. The van der Waals surface area contributed by atoms with Crippen LogP contribution in [0.2, 0.25) is 0 Å². The highest BCUT2D eigenvalue weighted by molar-refractivity contribution is 9.10. The molecule has 1 heterocycles. The number of halogens is 1. The zero-order valence-electron chi connectivity index (χ0n) is 10.3. The van der Waals surface area contributed by atoms with Gasteiger partial charge in [-0.25, -0.2) is 0 Å². The normalized spacial score (nSPS) is 10.2. The van der Waals surface area contributed by atoms with Gasteiger partial charge in [-0.2, -0.15) is 0 Å². The first-order valence-electron chi connectivity index (χ1n) is 5.57. The molecule has 0 atom stereocenters. The molecule has 0 unspecified atom stereocenters. The first kappa shape index (κ1) is 12.9. The van der Waals surface area contributed by atoms with Crippen molar-refractivity contribution in [3.05, 3.63) is 52.3 Å². The fourth-order valence-corrected chi connectivity index (χ4v) is 1.77. The summed E-state index contributed by atoms with van der Waals surface area (Å²) in [5, 5.41) is 0. The summed E-state index contributed by atoms with van der Waals surface area (Å²) in [5.74, 6) is 1.47. The molecule has 0 fully saturated rings. The highest BCUT2D eigenvalue weighted by Gasteiger charge is 2.05. The third-order valence-corrected chi connectivity index (χ3v) is 2.95. The van der Waals surface area contributed by atoms with Gasteiger partial charge in [0.15, 0.2) is 11.5 Å². The van der Waals surface area contributed by atoms with E-state index in [2.05, 4.69) is 20.9 Å². The van der Waals surface area contributed by atoms with Gasteiger partial charge in [0.05, 0.1) is 12.8 Å². The topological polar surface area (TPSA) is 31.4 Å². The van der Waals surface area contributed by atoms with E-state index in [0.29, 0.717) is 6.61 Å². The van der Waals surface area contributed by atoms with Crippen LogP contribution in [-0.4, -0.2) is 12.1 Å². The zero-order valence-corrected chi connectivity index (χ0v) is 11.9. The van der Waals surface area contributed by atoms with Crippen LogP contribution >= 0.6 is 15.9 Å². The predicted octanol–water partition coefficient (Wildman–Crippen LogP) is 3.74. The molecule has 1 aromatic heterocycles. The molecule has 0 aliphatic rings. The molecular formula is C14H14BrNO2. The van der Waals surface area contributed by atoms with Gasteiger partial charge in [0, 0.05) is 10.7 Å². The van der Waals surface area contributed by atoms with E-state index < -0.39 is 0 Å². The number of rotatable bonds is 4. The number of benzene rings is 1. The summed E-state index contributed by atoms with van der Waals surface area (Å²) >= 11 is 3.35. The van der Waals surface area contributed by atoms with Crippen LogP contribution in [0.4, 0.5) is 0 Å². The molecule has 3 nitrogen and oxygen atoms in total. The molecule has 0 amide bonds. The van der Waals surface area contributed by atoms with Crippen LogP contribution < -0.4 is 9.47 Å². The summed E-state index contributed by atoms with van der Waals surface area (Å²) in [6.07, 6.45) is 1.76. The smallest absolute Gasteiger partial charge is 0.161 e. The van der Waals surface area contributed by atoms with E-state index in [0.717, 1.165) is 27.2 Å². The van der Waals surface area contributed by atoms with E-state index in [1.54, 1.807) is 13.3 Å². The van der Waals surface area contributed by atoms with Crippen LogP contribution in [0.15, 0.2) is 41.0 Å². The van der Waals surface area contributed by atoms with E-state index in [4.69, 9.17) is 9.47 Å². The first-order valence-corrected chi connectivity index (χ1v) is 6.36. The quantitative estimate of drug-likeness (QED) is 0.862. The molecule has 0 radical (unpaired) electrons. The summed E-state index contributed by atoms with van der Waals surface area (Å²) in [6, 6.07) is 9.72. The zero-order chi connectivity index (χ0) is 13.0. The Balaban J connectivity index is 2.08. The molecule has 0 saturated heterocycles. The number of pyridine rings is 1. The Labute approximate surface area is 115 Å². The molecule has 0 aliphatic heterocycles. The van der Waals surface area contributed by atoms with E-state index in [1.165, 1.54) is 0 Å². The fourth-order valence-electron chi connectivity index (χ4n) is 1.54. The number of aryl methyl sites for hydroxylation is 1. The second-order valence-corrected chi connectivity index (χ2v) is 4.83. The van der Waals surface area contributed by atoms with Gasteiger partial charge < -0.3 is 9.47 Å². The van der Waals surface area contributed by atoms with E-state index >= 15 is 0 Å². The minimum Gasteiger partial charge on any atom is -0.493 e. The third-order valence-electron chi connectivity index (χ3n) is 2.48. The monoisotopic (exact) mass is 307 g/mol. The summed E-state index contributed by atoms with van der Waals surface area (Å²) < 4.78 is 11.9. The minimum atomic E-state index is 0.423. The van der Waals surface area contributed by atoms with E-state index in [1.807, 2.05) is 37.3 Å². The molecule has 18 heavy (non-hydrogen) atoms. The molecule has 94 valence electrons. The Morgan fingerprint density at radius 2 is 2.00 bits per heavy atom. The van der Waals surface area contributed by atoms with Gasteiger partial charge in [-0.05, 0) is 52.7 Å². The number of aromatic nitrogens is 1. The standard InChI is InChI=1S/C14H14BrNO2/c1-10-3-6-13(14(7-10)17-2)18-9-12-5-4-11(15)8-16-12/h3-8H,9H2,1-2H3. The van der Waals surface area contributed by atoms with Gasteiger partial charge in [-0.1, -0.05) is 6.07 Å². The van der Waals surface area contributed by atoms with Crippen LogP contribution in [0.5, 0.6) is 11.5 Å². The Hall–Kier alpha value is -1.55. The maximum atomic E-state index is 5.71. The van der Waals surface area contributed by atoms with Gasteiger partial charge in [-0.3, -0.25) is 4.98 Å². The summed E-state index contributed by atoms with van der Waals surface area (Å²) in [5.41, 5.74) is 2.02. The van der Waals surface area contributed by atoms with Crippen molar-refractivity contribution in [3.8, 4) is 11.5 Å². The number of methoxy groups -OCH3 is 1. The second-order valence-electron chi connectivity index (χ2n) is 3.91. The number of hydrogen-bond acceptors (Lipinski definition) is 3. The Morgan fingerprint density at radius 3 is 2.67 bits per heavy atom. The van der Waals surface area contributed by atoms with Crippen molar-refractivity contribution in [2.45, 2.75) is 13.5 Å². The van der Waals surface area contributed by atoms with Crippen LogP contribution in [0.1, 0.15) is 11.3 Å². The number of ether oxygens (including phenoxy) is 2. The molecule has 0 bridgehead atoms. The van der Waals surface area contributed by atoms with Crippen LogP contribution in [0.3, 0.4) is 0 Å². The average Bonchev–Trinajstić information content (AvgIpc) is 2.39. The van der Waals surface area contributed by atoms with Crippen LogP contribution in [-0.2, 0) is 6.61 Å². The highest BCUT2D eigenvalue weighted by atomic mass is 79.9. The molecule has 2 aromatic rings. The van der Waals surface area contributed by atoms with Crippen molar-refractivity contribution in [1.29, 1.82) is 0 Å². The molecule has 4 heteroatoms. The van der Waals surface area contributed by atoms with E-state index in [9.17, 15) is 0 Å².